The van der Waals surface area contributed by atoms with Crippen LogP contribution in [0.3, 0.4) is 0 Å². The minimum absolute atomic E-state index is 0.0366. The number of carboxylic acids is 1. The molecule has 0 bridgehead atoms. The highest BCUT2D eigenvalue weighted by atomic mass is 16.4. The minimum atomic E-state index is -1.22. The van der Waals surface area contributed by atoms with Gasteiger partial charge in [0.25, 0.3) is 0 Å². The molecule has 1 aromatic heterocycles. The Kier molecular flexibility index (Phi) is 10.6. The molecular weight excluding hydrogens is 422 g/mol. The third kappa shape index (κ3) is 9.42. The number of rotatable bonds is 13. The van der Waals surface area contributed by atoms with Crippen molar-refractivity contribution in [3.8, 4) is 0 Å². The molecule has 178 valence electrons. The summed E-state index contributed by atoms with van der Waals surface area (Å²) >= 11 is 0. The van der Waals surface area contributed by atoms with Gasteiger partial charge in [-0.1, -0.05) is 0 Å². The van der Waals surface area contributed by atoms with Gasteiger partial charge in [-0.3, -0.25) is 24.2 Å². The fraction of sp³-hybridized carbons (Fsp3) is 0.556. The number of nitrogens with zero attached hydrogens (tertiary/aromatic N) is 2. The topological polar surface area (TPSA) is 244 Å². The van der Waals surface area contributed by atoms with Crippen LogP contribution in [0, 0.1) is 0 Å². The van der Waals surface area contributed by atoms with E-state index < -0.39 is 47.9 Å². The van der Waals surface area contributed by atoms with Gasteiger partial charge in [-0.05, 0) is 26.7 Å². The summed E-state index contributed by atoms with van der Waals surface area (Å²) < 4.78 is 0. The second-order valence-electron chi connectivity index (χ2n) is 7.20. The Labute approximate surface area is 184 Å². The molecule has 32 heavy (non-hydrogen) atoms. The first-order valence-corrected chi connectivity index (χ1v) is 9.93. The Morgan fingerprint density at radius 2 is 1.75 bits per heavy atom. The van der Waals surface area contributed by atoms with Crippen molar-refractivity contribution >= 4 is 29.7 Å². The lowest BCUT2D eigenvalue weighted by Crippen LogP contribution is -2.56. The number of hydrogen-bond acceptors (Lipinski definition) is 7. The third-order valence-electron chi connectivity index (χ3n) is 4.40. The van der Waals surface area contributed by atoms with Crippen LogP contribution in [0.4, 0.5) is 0 Å². The number of imidazole rings is 1. The van der Waals surface area contributed by atoms with Crippen molar-refractivity contribution in [2.45, 2.75) is 57.3 Å². The van der Waals surface area contributed by atoms with Gasteiger partial charge in [0.15, 0.2) is 5.96 Å². The van der Waals surface area contributed by atoms with Gasteiger partial charge < -0.3 is 43.2 Å². The summed E-state index contributed by atoms with van der Waals surface area (Å²) in [6.07, 6.45) is 3.69. The van der Waals surface area contributed by atoms with Crippen LogP contribution in [0.2, 0.25) is 0 Å². The molecule has 0 saturated carbocycles. The van der Waals surface area contributed by atoms with E-state index in [9.17, 15) is 19.2 Å². The molecule has 0 aliphatic carbocycles. The van der Waals surface area contributed by atoms with Gasteiger partial charge in [-0.15, -0.1) is 0 Å². The molecule has 0 aromatic carbocycles. The van der Waals surface area contributed by atoms with Gasteiger partial charge in [0.05, 0.1) is 12.4 Å². The van der Waals surface area contributed by atoms with Crippen LogP contribution in [0.15, 0.2) is 17.5 Å². The maximum absolute atomic E-state index is 12.6. The van der Waals surface area contributed by atoms with Crippen LogP contribution in [-0.4, -0.2) is 75.4 Å². The molecular formula is C18H31N9O5. The molecule has 0 aliphatic heterocycles. The van der Waals surface area contributed by atoms with E-state index in [1.165, 1.54) is 26.4 Å². The summed E-state index contributed by atoms with van der Waals surface area (Å²) in [5, 5.41) is 16.3. The zero-order valence-electron chi connectivity index (χ0n) is 18.0. The third-order valence-corrected chi connectivity index (χ3v) is 4.40. The zero-order valence-corrected chi connectivity index (χ0v) is 18.0. The standard InChI is InChI=1S/C18H31N9O5/c1-9(25-15(29)12(19)4-3-5-23-18(20)21)14(28)27-13(6-11-7-22-8-24-11)16(30)26-10(2)17(31)32/h7-10,12-13H,3-6,19H2,1-2H3,(H,22,24)(H,25,29)(H,26,30)(H,27,28)(H,31,32)(H4,20,21,23). The van der Waals surface area contributed by atoms with Crippen molar-refractivity contribution in [3.05, 3.63) is 18.2 Å². The Morgan fingerprint density at radius 1 is 1.09 bits per heavy atom. The zero-order chi connectivity index (χ0) is 24.3. The largest absolute Gasteiger partial charge is 0.480 e. The number of carbonyl (C=O) groups excluding carboxylic acids is 3. The minimum Gasteiger partial charge on any atom is -0.480 e. The van der Waals surface area contributed by atoms with Gasteiger partial charge in [0, 0.05) is 24.9 Å². The van der Waals surface area contributed by atoms with E-state index >= 15 is 0 Å². The summed E-state index contributed by atoms with van der Waals surface area (Å²) in [5.74, 6) is -3.17. The first-order chi connectivity index (χ1) is 15.0. The predicted octanol–water partition coefficient (Wildman–Crippen LogP) is -3.09. The SMILES string of the molecule is CC(NC(=O)C(Cc1cnc[nH]1)NC(=O)C(C)NC(=O)C(N)CCCN=C(N)N)C(=O)O. The van der Waals surface area contributed by atoms with E-state index in [-0.39, 0.29) is 12.4 Å². The summed E-state index contributed by atoms with van der Waals surface area (Å²) in [6.45, 7) is 3.05. The van der Waals surface area contributed by atoms with Crippen LogP contribution in [0.5, 0.6) is 0 Å². The maximum atomic E-state index is 12.6. The van der Waals surface area contributed by atoms with Crippen LogP contribution in [0.25, 0.3) is 0 Å². The highest BCUT2D eigenvalue weighted by molar-refractivity contribution is 5.93. The number of aliphatic imine (C=N–C) groups is 1. The number of guanidine groups is 1. The molecule has 0 spiro atoms. The molecule has 4 atom stereocenters. The number of carboxylic acid groups (broad SMARTS) is 1. The smallest absolute Gasteiger partial charge is 0.325 e. The summed E-state index contributed by atoms with van der Waals surface area (Å²) in [6, 6.07) is -4.13. The van der Waals surface area contributed by atoms with Crippen molar-refractivity contribution in [2.24, 2.45) is 22.2 Å². The Balaban J connectivity index is 2.68. The molecule has 4 unspecified atom stereocenters. The van der Waals surface area contributed by atoms with E-state index in [0.717, 1.165) is 0 Å². The number of amides is 3. The molecule has 1 rings (SSSR count). The fourth-order valence-corrected chi connectivity index (χ4v) is 2.53. The normalized spacial score (nSPS) is 14.3. The lowest BCUT2D eigenvalue weighted by atomic mass is 10.1. The van der Waals surface area contributed by atoms with Gasteiger partial charge in [0.2, 0.25) is 17.7 Å². The van der Waals surface area contributed by atoms with E-state index in [0.29, 0.717) is 25.1 Å². The molecule has 0 fully saturated rings. The quantitative estimate of drug-likeness (QED) is 0.0855. The summed E-state index contributed by atoms with van der Waals surface area (Å²) in [7, 11) is 0. The Bertz CT molecular complexity index is 808. The van der Waals surface area contributed by atoms with Crippen molar-refractivity contribution in [1.82, 2.24) is 25.9 Å². The average molecular weight is 454 g/mol. The number of H-pyrrole nitrogens is 1. The molecule has 0 aliphatic rings. The summed E-state index contributed by atoms with van der Waals surface area (Å²) in [4.78, 5) is 58.8. The number of aliphatic carboxylic acids is 1. The van der Waals surface area contributed by atoms with Gasteiger partial charge in [-0.2, -0.15) is 0 Å². The molecule has 0 saturated heterocycles. The van der Waals surface area contributed by atoms with Crippen LogP contribution in [0.1, 0.15) is 32.4 Å². The number of nitrogens with two attached hydrogens (primary N) is 3. The van der Waals surface area contributed by atoms with Crippen LogP contribution < -0.4 is 33.2 Å². The second kappa shape index (κ2) is 12.9. The Morgan fingerprint density at radius 3 is 2.31 bits per heavy atom. The van der Waals surface area contributed by atoms with Gasteiger partial charge in [-0.25, -0.2) is 4.98 Å². The number of nitrogens with one attached hydrogen (secondary N) is 4. The van der Waals surface area contributed by atoms with Crippen molar-refractivity contribution in [2.75, 3.05) is 6.54 Å². The average Bonchev–Trinajstić information content (AvgIpc) is 3.23. The van der Waals surface area contributed by atoms with Gasteiger partial charge in [0.1, 0.15) is 18.1 Å². The number of aromatic amines is 1. The first kappa shape index (κ1) is 26.4. The molecule has 11 N–H and O–H groups in total. The van der Waals surface area contributed by atoms with E-state index in [2.05, 4.69) is 30.9 Å². The van der Waals surface area contributed by atoms with E-state index in [4.69, 9.17) is 22.3 Å². The highest BCUT2D eigenvalue weighted by Gasteiger charge is 2.28. The van der Waals surface area contributed by atoms with Gasteiger partial charge >= 0.3 is 5.97 Å². The molecule has 1 aromatic rings. The first-order valence-electron chi connectivity index (χ1n) is 9.93. The predicted molar refractivity (Wildman–Crippen MR) is 115 cm³/mol. The maximum Gasteiger partial charge on any atom is 0.325 e. The molecule has 1 heterocycles. The lowest BCUT2D eigenvalue weighted by molar-refractivity contribution is -0.141. The molecule has 0 radical (unpaired) electrons. The van der Waals surface area contributed by atoms with Crippen LogP contribution in [-0.2, 0) is 25.6 Å². The second-order valence-corrected chi connectivity index (χ2v) is 7.20. The number of carbonyl (C=O) groups is 4. The van der Waals surface area contributed by atoms with Crippen molar-refractivity contribution in [3.63, 3.8) is 0 Å². The molecule has 14 heteroatoms. The fourth-order valence-electron chi connectivity index (χ4n) is 2.53. The number of aromatic nitrogens is 2. The summed E-state index contributed by atoms with van der Waals surface area (Å²) in [5.41, 5.74) is 16.8. The lowest BCUT2D eigenvalue weighted by Gasteiger charge is -2.22. The van der Waals surface area contributed by atoms with Crippen LogP contribution >= 0.6 is 0 Å². The molecule has 3 amide bonds. The van der Waals surface area contributed by atoms with E-state index in [1.54, 1.807) is 0 Å². The Hall–Kier alpha value is -3.68. The molecule has 14 nitrogen and oxygen atoms in total. The van der Waals surface area contributed by atoms with E-state index in [1.807, 2.05) is 0 Å². The monoisotopic (exact) mass is 453 g/mol. The highest BCUT2D eigenvalue weighted by Crippen LogP contribution is 2.02. The van der Waals surface area contributed by atoms with Crippen molar-refractivity contribution in [1.29, 1.82) is 0 Å². The van der Waals surface area contributed by atoms with Crippen molar-refractivity contribution < 1.29 is 24.3 Å². The number of hydrogen-bond donors (Lipinski definition) is 8.